The third-order valence-electron chi connectivity index (χ3n) is 2.53. The molecule has 0 bridgehead atoms. The van der Waals surface area contributed by atoms with Crippen LogP contribution in [0.15, 0.2) is 28.7 Å². The number of hydrogen-bond acceptors (Lipinski definition) is 4. The van der Waals surface area contributed by atoms with Crippen LogP contribution >= 0.6 is 15.9 Å². The van der Waals surface area contributed by atoms with Gasteiger partial charge in [-0.2, -0.15) is 0 Å². The highest BCUT2D eigenvalue weighted by Crippen LogP contribution is 2.16. The van der Waals surface area contributed by atoms with Gasteiger partial charge in [0.2, 0.25) is 0 Å². The molecule has 7 heteroatoms. The van der Waals surface area contributed by atoms with Gasteiger partial charge in [0.1, 0.15) is 12.4 Å². The van der Waals surface area contributed by atoms with Gasteiger partial charge in [0.15, 0.2) is 15.1 Å². The van der Waals surface area contributed by atoms with Crippen molar-refractivity contribution >= 4 is 31.7 Å². The number of sulfone groups is 1. The first-order valence-electron chi connectivity index (χ1n) is 5.69. The average Bonchev–Trinajstić information content (AvgIpc) is 2.31. The molecule has 0 amide bonds. The molecule has 1 aromatic rings. The molecular weight excluding hydrogens is 336 g/mol. The largest absolute Gasteiger partial charge is 0.493 e. The maximum absolute atomic E-state index is 11.8. The monoisotopic (exact) mass is 350 g/mol. The quantitative estimate of drug-likeness (QED) is 0.814. The third kappa shape index (κ3) is 4.83. The van der Waals surface area contributed by atoms with Crippen molar-refractivity contribution in [2.45, 2.75) is 18.6 Å². The number of carboxylic acids is 1. The second kappa shape index (κ2) is 6.91. The molecule has 0 aliphatic carbocycles. The highest BCUT2D eigenvalue weighted by Gasteiger charge is 2.30. The van der Waals surface area contributed by atoms with Crippen LogP contribution in [0.5, 0.6) is 5.75 Å². The van der Waals surface area contributed by atoms with Crippen LogP contribution in [0.25, 0.3) is 0 Å². The van der Waals surface area contributed by atoms with Gasteiger partial charge in [-0.05, 0) is 30.7 Å². The summed E-state index contributed by atoms with van der Waals surface area (Å²) in [7, 11) is -3.68. The van der Waals surface area contributed by atoms with E-state index in [-0.39, 0.29) is 18.8 Å². The summed E-state index contributed by atoms with van der Waals surface area (Å²) in [5, 5.41) is 7.47. The van der Waals surface area contributed by atoms with Gasteiger partial charge in [-0.15, -0.1) is 0 Å². The molecular formula is C12H15BrO5S. The number of carboxylic acid groups (broad SMARTS) is 1. The van der Waals surface area contributed by atoms with Gasteiger partial charge in [0.25, 0.3) is 0 Å². The Morgan fingerprint density at radius 2 is 1.95 bits per heavy atom. The summed E-state index contributed by atoms with van der Waals surface area (Å²) in [4.78, 5) is 10.8. The fourth-order valence-electron chi connectivity index (χ4n) is 1.53. The summed E-state index contributed by atoms with van der Waals surface area (Å²) in [6.45, 7) is 1.47. The first-order valence-corrected chi connectivity index (χ1v) is 8.20. The van der Waals surface area contributed by atoms with Crippen LogP contribution in [0.3, 0.4) is 0 Å². The van der Waals surface area contributed by atoms with Crippen molar-refractivity contribution in [1.82, 2.24) is 0 Å². The number of ether oxygens (including phenoxy) is 1. The number of halogens is 1. The third-order valence-corrected chi connectivity index (χ3v) is 5.20. The highest BCUT2D eigenvalue weighted by atomic mass is 79.9. The number of benzene rings is 1. The van der Waals surface area contributed by atoms with E-state index in [9.17, 15) is 13.2 Å². The van der Waals surface area contributed by atoms with Gasteiger partial charge in [-0.3, -0.25) is 4.79 Å². The van der Waals surface area contributed by atoms with E-state index in [1.807, 2.05) is 0 Å². The maximum Gasteiger partial charge on any atom is 0.321 e. The van der Waals surface area contributed by atoms with Crippen molar-refractivity contribution in [2.75, 3.05) is 12.4 Å². The van der Waals surface area contributed by atoms with E-state index >= 15 is 0 Å². The number of rotatable bonds is 7. The molecule has 5 nitrogen and oxygen atoms in total. The maximum atomic E-state index is 11.8. The Bertz CT molecular complexity index is 524. The van der Waals surface area contributed by atoms with Crippen LogP contribution < -0.4 is 4.74 Å². The van der Waals surface area contributed by atoms with Crippen LogP contribution in [-0.4, -0.2) is 37.1 Å². The molecule has 0 heterocycles. The van der Waals surface area contributed by atoms with E-state index < -0.39 is 21.1 Å². The molecule has 1 aromatic carbocycles. The van der Waals surface area contributed by atoms with Gasteiger partial charge >= 0.3 is 5.97 Å². The standard InChI is InChI=1S/C12H15BrO5S/c1-2-11(12(14)15)19(16,17)8-7-18-10-5-3-9(13)4-6-10/h3-6,11H,2,7-8H2,1H3,(H,14,15). The Kier molecular flexibility index (Phi) is 5.81. The Balaban J connectivity index is 2.56. The minimum absolute atomic E-state index is 0.0515. The molecule has 19 heavy (non-hydrogen) atoms. The number of aliphatic carboxylic acids is 1. The Hall–Kier alpha value is -1.08. The lowest BCUT2D eigenvalue weighted by atomic mass is 10.3. The summed E-state index contributed by atoms with van der Waals surface area (Å²) in [5.41, 5.74) is 0. The topological polar surface area (TPSA) is 80.7 Å². The zero-order valence-electron chi connectivity index (χ0n) is 10.4. The van der Waals surface area contributed by atoms with Gasteiger partial charge < -0.3 is 9.84 Å². The molecule has 0 spiro atoms. The fraction of sp³-hybridized carbons (Fsp3) is 0.417. The molecule has 0 aliphatic rings. The van der Waals surface area contributed by atoms with Crippen molar-refractivity contribution in [1.29, 1.82) is 0 Å². The van der Waals surface area contributed by atoms with E-state index in [4.69, 9.17) is 9.84 Å². The van der Waals surface area contributed by atoms with Crippen LogP contribution in [-0.2, 0) is 14.6 Å². The molecule has 1 N–H and O–H groups in total. The van der Waals surface area contributed by atoms with Crippen LogP contribution in [0.4, 0.5) is 0 Å². The number of hydrogen-bond donors (Lipinski definition) is 1. The van der Waals surface area contributed by atoms with E-state index in [1.165, 1.54) is 6.92 Å². The smallest absolute Gasteiger partial charge is 0.321 e. The Morgan fingerprint density at radius 1 is 1.37 bits per heavy atom. The summed E-state index contributed by atoms with van der Waals surface area (Å²) in [6, 6.07) is 6.95. The van der Waals surface area contributed by atoms with E-state index in [0.717, 1.165) is 4.47 Å². The van der Waals surface area contributed by atoms with Crippen molar-refractivity contribution in [3.05, 3.63) is 28.7 Å². The predicted octanol–water partition coefficient (Wildman–Crippen LogP) is 2.11. The highest BCUT2D eigenvalue weighted by molar-refractivity contribution is 9.10. The average molecular weight is 351 g/mol. The van der Waals surface area contributed by atoms with E-state index in [0.29, 0.717) is 5.75 Å². The van der Waals surface area contributed by atoms with Gasteiger partial charge in [-0.25, -0.2) is 8.42 Å². The lowest BCUT2D eigenvalue weighted by Gasteiger charge is -2.12. The van der Waals surface area contributed by atoms with Crippen LogP contribution in [0, 0.1) is 0 Å². The molecule has 0 saturated carbocycles. The van der Waals surface area contributed by atoms with E-state index in [2.05, 4.69) is 15.9 Å². The lowest BCUT2D eigenvalue weighted by molar-refractivity contribution is -0.136. The van der Waals surface area contributed by atoms with Crippen LogP contribution in [0.1, 0.15) is 13.3 Å². The summed E-state index contributed by atoms with van der Waals surface area (Å²) in [5.74, 6) is -1.08. The van der Waals surface area contributed by atoms with Crippen LogP contribution in [0.2, 0.25) is 0 Å². The van der Waals surface area contributed by atoms with Gasteiger partial charge in [-0.1, -0.05) is 22.9 Å². The second-order valence-corrected chi connectivity index (χ2v) is 7.12. The Labute approximate surface area is 120 Å². The molecule has 1 rings (SSSR count). The second-order valence-electron chi connectivity index (χ2n) is 3.90. The molecule has 106 valence electrons. The summed E-state index contributed by atoms with van der Waals surface area (Å²) < 4.78 is 29.7. The predicted molar refractivity (Wildman–Crippen MR) is 75.1 cm³/mol. The first-order chi connectivity index (χ1) is 8.86. The van der Waals surface area contributed by atoms with Gasteiger partial charge in [0.05, 0.1) is 5.75 Å². The minimum Gasteiger partial charge on any atom is -0.493 e. The van der Waals surface area contributed by atoms with Crippen molar-refractivity contribution in [3.8, 4) is 5.75 Å². The SMILES string of the molecule is CCC(C(=O)O)S(=O)(=O)CCOc1ccc(Br)cc1. The molecule has 0 saturated heterocycles. The normalized spacial score (nSPS) is 12.9. The summed E-state index contributed by atoms with van der Waals surface area (Å²) >= 11 is 3.27. The van der Waals surface area contributed by atoms with E-state index in [1.54, 1.807) is 24.3 Å². The fourth-order valence-corrected chi connectivity index (χ4v) is 3.21. The molecule has 0 aliphatic heterocycles. The molecule has 0 radical (unpaired) electrons. The molecule has 1 unspecified atom stereocenters. The minimum atomic E-state index is -3.68. The van der Waals surface area contributed by atoms with Crippen molar-refractivity contribution in [2.24, 2.45) is 0 Å². The van der Waals surface area contributed by atoms with Crippen molar-refractivity contribution in [3.63, 3.8) is 0 Å². The molecule has 0 fully saturated rings. The molecule has 1 atom stereocenters. The zero-order chi connectivity index (χ0) is 14.5. The molecule has 0 aromatic heterocycles. The number of carbonyl (C=O) groups is 1. The summed E-state index contributed by atoms with van der Waals surface area (Å²) in [6.07, 6.45) is 0.0515. The lowest BCUT2D eigenvalue weighted by Crippen LogP contribution is -2.33. The Morgan fingerprint density at radius 3 is 2.42 bits per heavy atom. The van der Waals surface area contributed by atoms with Gasteiger partial charge in [0, 0.05) is 4.47 Å². The zero-order valence-corrected chi connectivity index (χ0v) is 12.8. The van der Waals surface area contributed by atoms with Crippen molar-refractivity contribution < 1.29 is 23.1 Å². The first kappa shape index (κ1) is 16.0.